The van der Waals surface area contributed by atoms with Crippen LogP contribution in [0.25, 0.3) is 15.3 Å². The van der Waals surface area contributed by atoms with Gasteiger partial charge in [0.1, 0.15) is 0 Å². The minimum Gasteiger partial charge on any atom is -0.469 e. The maximum Gasteiger partial charge on any atom is 0.311 e. The number of thiazole rings is 1. The molecule has 0 saturated carbocycles. The third kappa shape index (κ3) is 4.49. The van der Waals surface area contributed by atoms with Gasteiger partial charge < -0.3 is 4.74 Å². The smallest absolute Gasteiger partial charge is 0.311 e. The van der Waals surface area contributed by atoms with Crippen LogP contribution in [0.1, 0.15) is 23.7 Å². The van der Waals surface area contributed by atoms with E-state index >= 15 is 0 Å². The van der Waals surface area contributed by atoms with Gasteiger partial charge in [0.05, 0.1) is 35.0 Å². The molecule has 2 aromatic carbocycles. The molecule has 0 amide bonds. The first-order chi connectivity index (χ1) is 15.1. The maximum absolute atomic E-state index is 13.3. The number of nitrogens with one attached hydrogen (secondary N) is 1. The number of para-hydroxylation sites is 1. The lowest BCUT2D eigenvalue weighted by Gasteiger charge is -2.02. The van der Waals surface area contributed by atoms with Crippen LogP contribution in [-0.2, 0) is 22.4 Å². The van der Waals surface area contributed by atoms with Gasteiger partial charge in [0.25, 0.3) is 5.56 Å². The number of aliphatic imine (C=N–C) groups is 1. The standard InChI is InChI=1S/C23H22N4O3S/c1-15(24-13-12-16-8-4-3-5-9-16)21-18(14-20(28)30-2)26-27(22(21)29)23-25-17-10-6-7-11-19(17)31-23/h3-11,26H,12-14H2,1-2H3. The Kier molecular flexibility index (Phi) is 6.08. The van der Waals surface area contributed by atoms with Crippen molar-refractivity contribution >= 4 is 33.2 Å². The van der Waals surface area contributed by atoms with Crippen molar-refractivity contribution in [1.29, 1.82) is 0 Å². The fourth-order valence-electron chi connectivity index (χ4n) is 3.37. The van der Waals surface area contributed by atoms with Crippen molar-refractivity contribution in [3.63, 3.8) is 0 Å². The largest absolute Gasteiger partial charge is 0.469 e. The normalized spacial score (nSPS) is 11.7. The van der Waals surface area contributed by atoms with Crippen LogP contribution in [0, 0.1) is 0 Å². The molecule has 0 bridgehead atoms. The number of hydrogen-bond acceptors (Lipinski definition) is 6. The van der Waals surface area contributed by atoms with E-state index < -0.39 is 5.97 Å². The average Bonchev–Trinajstić information content (AvgIpc) is 3.35. The van der Waals surface area contributed by atoms with Crippen LogP contribution in [-0.4, -0.2) is 40.1 Å². The van der Waals surface area contributed by atoms with Gasteiger partial charge in [-0.1, -0.05) is 53.8 Å². The molecular formula is C23H22N4O3S. The summed E-state index contributed by atoms with van der Waals surface area (Å²) < 4.78 is 7.17. The van der Waals surface area contributed by atoms with Crippen molar-refractivity contribution in [3.8, 4) is 5.13 Å². The second kappa shape index (κ2) is 9.09. The van der Waals surface area contributed by atoms with Crippen LogP contribution >= 0.6 is 11.3 Å². The molecule has 4 aromatic rings. The quantitative estimate of drug-likeness (QED) is 0.356. The van der Waals surface area contributed by atoms with E-state index in [2.05, 4.69) is 15.1 Å². The molecule has 0 aliphatic carbocycles. The van der Waals surface area contributed by atoms with Gasteiger partial charge in [0.15, 0.2) is 0 Å². The molecule has 0 atom stereocenters. The van der Waals surface area contributed by atoms with Crippen LogP contribution in [0.5, 0.6) is 0 Å². The van der Waals surface area contributed by atoms with E-state index in [9.17, 15) is 9.59 Å². The Morgan fingerprint density at radius 3 is 2.65 bits per heavy atom. The van der Waals surface area contributed by atoms with Gasteiger partial charge in [-0.25, -0.2) is 4.98 Å². The fourth-order valence-corrected chi connectivity index (χ4v) is 4.29. The first-order valence-corrected chi connectivity index (χ1v) is 10.7. The Balaban J connectivity index is 1.70. The van der Waals surface area contributed by atoms with E-state index in [-0.39, 0.29) is 12.0 Å². The lowest BCUT2D eigenvalue weighted by Crippen LogP contribution is -2.20. The molecule has 158 valence electrons. The first kappa shape index (κ1) is 20.7. The van der Waals surface area contributed by atoms with Crippen molar-refractivity contribution in [2.24, 2.45) is 4.99 Å². The van der Waals surface area contributed by atoms with Crippen molar-refractivity contribution in [3.05, 3.63) is 81.8 Å². The lowest BCUT2D eigenvalue weighted by atomic mass is 10.1. The number of carbonyl (C=O) groups is 1. The Labute approximate surface area is 183 Å². The molecule has 0 saturated heterocycles. The van der Waals surface area contributed by atoms with Crippen molar-refractivity contribution in [1.82, 2.24) is 14.8 Å². The zero-order chi connectivity index (χ0) is 21.8. The molecule has 0 aliphatic rings. The summed E-state index contributed by atoms with van der Waals surface area (Å²) in [7, 11) is 1.32. The predicted octanol–water partition coefficient (Wildman–Crippen LogP) is 3.54. The maximum atomic E-state index is 13.3. The number of H-pyrrole nitrogens is 1. The van der Waals surface area contributed by atoms with Crippen LogP contribution in [0.3, 0.4) is 0 Å². The molecule has 1 N–H and O–H groups in total. The number of carbonyl (C=O) groups excluding carboxylic acids is 1. The van der Waals surface area contributed by atoms with E-state index in [4.69, 9.17) is 4.74 Å². The summed E-state index contributed by atoms with van der Waals surface area (Å²) in [5.41, 5.74) is 3.15. The molecular weight excluding hydrogens is 412 g/mol. The Morgan fingerprint density at radius 1 is 1.16 bits per heavy atom. The summed E-state index contributed by atoms with van der Waals surface area (Å²) >= 11 is 1.40. The van der Waals surface area contributed by atoms with Gasteiger partial charge in [-0.05, 0) is 31.0 Å². The minimum atomic E-state index is -0.434. The zero-order valence-corrected chi connectivity index (χ0v) is 18.1. The summed E-state index contributed by atoms with van der Waals surface area (Å²) in [6.45, 7) is 2.33. The van der Waals surface area contributed by atoms with Crippen LogP contribution < -0.4 is 5.56 Å². The highest BCUT2D eigenvalue weighted by Gasteiger charge is 2.21. The molecule has 0 fully saturated rings. The number of aromatic amines is 1. The van der Waals surface area contributed by atoms with Crippen molar-refractivity contribution in [2.75, 3.05) is 13.7 Å². The highest BCUT2D eigenvalue weighted by atomic mass is 32.1. The molecule has 0 unspecified atom stereocenters. The topological polar surface area (TPSA) is 89.3 Å². The predicted molar refractivity (Wildman–Crippen MR) is 123 cm³/mol. The molecule has 8 heteroatoms. The summed E-state index contributed by atoms with van der Waals surface area (Å²) in [5, 5.41) is 3.57. The number of nitrogens with zero attached hydrogens (tertiary/aromatic N) is 3. The highest BCUT2D eigenvalue weighted by molar-refractivity contribution is 7.20. The van der Waals surface area contributed by atoms with Gasteiger partial charge >= 0.3 is 5.97 Å². The SMILES string of the molecule is COC(=O)Cc1[nH]n(-c2nc3ccccc3s2)c(=O)c1C(C)=NCCc1ccccc1. The van der Waals surface area contributed by atoms with Gasteiger partial charge in [-0.15, -0.1) is 0 Å². The Bertz CT molecular complexity index is 1270. The highest BCUT2D eigenvalue weighted by Crippen LogP contribution is 2.24. The minimum absolute atomic E-state index is 0.0511. The van der Waals surface area contributed by atoms with Gasteiger partial charge in [0, 0.05) is 12.3 Å². The molecule has 0 aliphatic heterocycles. The molecule has 0 radical (unpaired) electrons. The molecule has 0 spiro atoms. The fraction of sp³-hybridized carbons (Fsp3) is 0.217. The van der Waals surface area contributed by atoms with Crippen LogP contribution in [0.4, 0.5) is 0 Å². The number of rotatable bonds is 7. The molecule has 2 heterocycles. The summed E-state index contributed by atoms with van der Waals surface area (Å²) in [4.78, 5) is 34.4. The van der Waals surface area contributed by atoms with Crippen molar-refractivity contribution in [2.45, 2.75) is 19.8 Å². The molecule has 31 heavy (non-hydrogen) atoms. The number of ether oxygens (including phenoxy) is 1. The van der Waals surface area contributed by atoms with E-state index in [1.807, 2.05) is 54.6 Å². The van der Waals surface area contributed by atoms with Crippen LogP contribution in [0.15, 0.2) is 64.4 Å². The summed E-state index contributed by atoms with van der Waals surface area (Å²) in [6.07, 6.45) is 0.714. The monoisotopic (exact) mass is 434 g/mol. The lowest BCUT2D eigenvalue weighted by molar-refractivity contribution is -0.139. The number of fused-ring (bicyclic) bond motifs is 1. The second-order valence-corrected chi connectivity index (χ2v) is 8.03. The first-order valence-electron chi connectivity index (χ1n) is 9.89. The Hall–Kier alpha value is -3.52. The van der Waals surface area contributed by atoms with Crippen LogP contribution in [0.2, 0.25) is 0 Å². The van der Waals surface area contributed by atoms with Gasteiger partial charge in [-0.2, -0.15) is 4.68 Å². The number of aromatic nitrogens is 3. The number of esters is 1. The average molecular weight is 435 g/mol. The number of benzene rings is 2. The van der Waals surface area contributed by atoms with E-state index in [1.54, 1.807) is 6.92 Å². The third-order valence-electron chi connectivity index (χ3n) is 4.94. The van der Waals surface area contributed by atoms with E-state index in [0.29, 0.717) is 28.6 Å². The number of hydrogen-bond donors (Lipinski definition) is 1. The summed E-state index contributed by atoms with van der Waals surface area (Å²) in [6, 6.07) is 17.7. The van der Waals surface area contributed by atoms with E-state index in [0.717, 1.165) is 16.6 Å². The van der Waals surface area contributed by atoms with Gasteiger partial charge in [-0.3, -0.25) is 19.7 Å². The zero-order valence-electron chi connectivity index (χ0n) is 17.3. The molecule has 7 nitrogen and oxygen atoms in total. The summed E-state index contributed by atoms with van der Waals surface area (Å²) in [5.74, 6) is -0.434. The third-order valence-corrected chi connectivity index (χ3v) is 5.96. The number of methoxy groups -OCH3 is 1. The molecule has 4 rings (SSSR count). The molecule has 2 aromatic heterocycles. The van der Waals surface area contributed by atoms with Gasteiger partial charge in [0.2, 0.25) is 5.13 Å². The van der Waals surface area contributed by atoms with Crippen molar-refractivity contribution < 1.29 is 9.53 Å². The second-order valence-electron chi connectivity index (χ2n) is 7.03. The van der Waals surface area contributed by atoms with E-state index in [1.165, 1.54) is 28.7 Å². The Morgan fingerprint density at radius 2 is 1.90 bits per heavy atom.